The SMILES string of the molecule is COC(=O)[C@H](COC(=O)/C=C/c1cccc(/C=C/C(=O)OC[C@H](NC(=O)OC(C)(C)C)C(=O)OC)c1C[C@H](NC(=O)c1coc(CNC(=O)OC(C)(C)C)n1)C(=O)OCc1ccccc1)NC(=O)OC(C)(C)C. The van der Waals surface area contributed by atoms with E-state index in [4.69, 9.17) is 42.3 Å². The highest BCUT2D eigenvalue weighted by atomic mass is 16.6. The molecule has 2 aromatic carbocycles. The molecule has 0 aliphatic rings. The van der Waals surface area contributed by atoms with Crippen LogP contribution in [0.25, 0.3) is 12.2 Å². The Labute approximate surface area is 422 Å². The van der Waals surface area contributed by atoms with E-state index >= 15 is 0 Å². The third kappa shape index (κ3) is 22.6. The number of benzene rings is 2. The fraction of sp³-hybridized carbons (Fsp3) is 0.440. The molecule has 0 saturated heterocycles. The number of nitrogens with one attached hydrogen (secondary N) is 4. The molecule has 0 saturated carbocycles. The number of alkyl carbamates (subject to hydrolysis) is 3. The van der Waals surface area contributed by atoms with Crippen molar-refractivity contribution >= 4 is 66.2 Å². The Bertz CT molecular complexity index is 2390. The molecule has 1 heterocycles. The molecule has 0 aliphatic carbocycles. The zero-order valence-electron chi connectivity index (χ0n) is 42.6. The lowest BCUT2D eigenvalue weighted by atomic mass is 9.94. The monoisotopic (exact) mass is 1020 g/mol. The van der Waals surface area contributed by atoms with Crippen LogP contribution in [0.2, 0.25) is 0 Å². The topological polar surface area (TPSA) is 302 Å². The smallest absolute Gasteiger partial charge is 0.408 e. The predicted molar refractivity (Wildman–Crippen MR) is 258 cm³/mol. The average Bonchev–Trinajstić information content (AvgIpc) is 3.79. The van der Waals surface area contributed by atoms with E-state index in [2.05, 4.69) is 26.3 Å². The predicted octanol–water partition coefficient (Wildman–Crippen LogP) is 5.03. The fourth-order valence-electron chi connectivity index (χ4n) is 5.85. The van der Waals surface area contributed by atoms with Crippen molar-refractivity contribution in [3.05, 3.63) is 101 Å². The summed E-state index contributed by atoms with van der Waals surface area (Å²) in [4.78, 5) is 120. The molecule has 0 radical (unpaired) electrons. The summed E-state index contributed by atoms with van der Waals surface area (Å²) in [5, 5.41) is 9.67. The number of oxazole rings is 1. The molecule has 3 atom stereocenters. The molecule has 23 heteroatoms. The summed E-state index contributed by atoms with van der Waals surface area (Å²) >= 11 is 0. The second kappa shape index (κ2) is 27.4. The molecule has 0 unspecified atom stereocenters. The lowest BCUT2D eigenvalue weighted by Crippen LogP contribution is -2.46. The third-order valence-corrected chi connectivity index (χ3v) is 8.97. The first-order chi connectivity index (χ1) is 34.1. The summed E-state index contributed by atoms with van der Waals surface area (Å²) in [6.45, 7) is 12.9. The maximum Gasteiger partial charge on any atom is 0.408 e. The van der Waals surface area contributed by atoms with Crippen LogP contribution in [0.3, 0.4) is 0 Å². The van der Waals surface area contributed by atoms with Crippen LogP contribution in [0.5, 0.6) is 0 Å². The van der Waals surface area contributed by atoms with E-state index in [9.17, 15) is 43.2 Å². The van der Waals surface area contributed by atoms with Crippen LogP contribution in [0.4, 0.5) is 14.4 Å². The number of methoxy groups -OCH3 is 2. The maximum absolute atomic E-state index is 14.0. The van der Waals surface area contributed by atoms with Crippen LogP contribution < -0.4 is 21.3 Å². The second-order valence-electron chi connectivity index (χ2n) is 18.6. The van der Waals surface area contributed by atoms with Gasteiger partial charge in [-0.25, -0.2) is 43.3 Å². The number of esters is 5. The molecular formula is C50H63N5O18. The number of ether oxygens (including phenoxy) is 8. The normalized spacial score (nSPS) is 12.8. The molecule has 0 spiro atoms. The van der Waals surface area contributed by atoms with Gasteiger partial charge >= 0.3 is 48.1 Å². The highest BCUT2D eigenvalue weighted by Crippen LogP contribution is 2.22. The minimum Gasteiger partial charge on any atom is -0.467 e. The molecule has 23 nitrogen and oxygen atoms in total. The molecule has 0 fully saturated rings. The molecule has 0 aliphatic heterocycles. The van der Waals surface area contributed by atoms with Crippen molar-refractivity contribution in [3.63, 3.8) is 0 Å². The zero-order valence-corrected chi connectivity index (χ0v) is 42.6. The average molecular weight is 1020 g/mol. The standard InChI is InChI=1S/C50H63N5O18/c1-48(2,3)71-45(62)51-25-38-52-35(27-67-38)41(58)53-34(44(61)70-26-30-16-13-12-14-17-30)24-33-31(20-22-39(56)68-28-36(42(59)65-10)54-46(63)72-49(4,5)6)18-15-19-32(33)21-23-40(57)69-29-37(43(60)66-11)55-47(64)73-50(7,8)9/h12-23,27,34,36-37H,24-26,28-29H2,1-11H3,(H,51,62)(H,53,58)(H,54,63)(H,55,64)/b22-20+,23-21+/t34-,36-,37-/m0/s1. The van der Waals surface area contributed by atoms with Crippen molar-refractivity contribution in [1.29, 1.82) is 0 Å². The Kier molecular flexibility index (Phi) is 22.2. The van der Waals surface area contributed by atoms with E-state index in [1.807, 2.05) is 0 Å². The van der Waals surface area contributed by atoms with Crippen LogP contribution in [-0.4, -0.2) is 121 Å². The highest BCUT2D eigenvalue weighted by Gasteiger charge is 2.30. The lowest BCUT2D eigenvalue weighted by Gasteiger charge is -2.22. The Morgan fingerprint density at radius 1 is 0.589 bits per heavy atom. The van der Waals surface area contributed by atoms with Gasteiger partial charge in [-0.05, 0) is 96.7 Å². The summed E-state index contributed by atoms with van der Waals surface area (Å²) < 4.78 is 46.7. The van der Waals surface area contributed by atoms with Gasteiger partial charge in [-0.3, -0.25) is 4.79 Å². The number of carbonyl (C=O) groups is 9. The quantitative estimate of drug-likeness (QED) is 0.0618. The highest BCUT2D eigenvalue weighted by molar-refractivity contribution is 5.95. The molecule has 1 aromatic heterocycles. The van der Waals surface area contributed by atoms with Gasteiger partial charge in [-0.15, -0.1) is 0 Å². The van der Waals surface area contributed by atoms with Gasteiger partial charge in [-0.2, -0.15) is 0 Å². The summed E-state index contributed by atoms with van der Waals surface area (Å²) in [5.41, 5.74) is -1.56. The van der Waals surface area contributed by atoms with Crippen LogP contribution in [0.15, 0.2) is 71.4 Å². The van der Waals surface area contributed by atoms with Gasteiger partial charge in [0.15, 0.2) is 17.8 Å². The van der Waals surface area contributed by atoms with Gasteiger partial charge in [0.2, 0.25) is 5.89 Å². The van der Waals surface area contributed by atoms with Crippen LogP contribution in [-0.2, 0) is 81.4 Å². The Balaban J connectivity index is 2.03. The summed E-state index contributed by atoms with van der Waals surface area (Å²) in [7, 11) is 2.14. The van der Waals surface area contributed by atoms with Crippen LogP contribution >= 0.6 is 0 Å². The Morgan fingerprint density at radius 2 is 1.07 bits per heavy atom. The minimum absolute atomic E-state index is 0.0713. The van der Waals surface area contributed by atoms with Crippen LogP contribution in [0.1, 0.15) is 101 Å². The van der Waals surface area contributed by atoms with Crippen molar-refractivity contribution in [2.24, 2.45) is 0 Å². The number of hydrogen-bond donors (Lipinski definition) is 4. The number of aromatic nitrogens is 1. The van der Waals surface area contributed by atoms with E-state index in [1.54, 1.807) is 98.7 Å². The van der Waals surface area contributed by atoms with E-state index in [-0.39, 0.29) is 47.8 Å². The molecule has 4 amide bonds. The van der Waals surface area contributed by atoms with E-state index in [0.717, 1.165) is 32.6 Å². The first-order valence-corrected chi connectivity index (χ1v) is 22.5. The largest absolute Gasteiger partial charge is 0.467 e. The molecule has 3 aromatic rings. The molecule has 73 heavy (non-hydrogen) atoms. The number of nitrogens with zero attached hydrogens (tertiary/aromatic N) is 1. The maximum atomic E-state index is 14.0. The fourth-order valence-corrected chi connectivity index (χ4v) is 5.85. The van der Waals surface area contributed by atoms with Crippen molar-refractivity contribution in [1.82, 2.24) is 26.3 Å². The Morgan fingerprint density at radius 3 is 1.53 bits per heavy atom. The Hall–Kier alpha value is -8.24. The van der Waals surface area contributed by atoms with Crippen molar-refractivity contribution in [3.8, 4) is 0 Å². The van der Waals surface area contributed by atoms with Crippen molar-refractivity contribution in [2.75, 3.05) is 27.4 Å². The number of hydrogen-bond acceptors (Lipinski definition) is 19. The van der Waals surface area contributed by atoms with E-state index in [1.165, 1.54) is 24.3 Å². The molecule has 4 N–H and O–H groups in total. The second-order valence-corrected chi connectivity index (χ2v) is 18.6. The van der Waals surface area contributed by atoms with Gasteiger partial charge in [-0.1, -0.05) is 48.5 Å². The number of amides is 4. The first kappa shape index (κ1) is 59.1. The number of rotatable bonds is 21. The molecule has 3 rings (SSSR count). The first-order valence-electron chi connectivity index (χ1n) is 22.5. The van der Waals surface area contributed by atoms with Crippen molar-refractivity contribution < 1.29 is 85.5 Å². The number of carbonyl (C=O) groups excluding carboxylic acids is 9. The van der Waals surface area contributed by atoms with Gasteiger partial charge in [0.05, 0.1) is 20.8 Å². The zero-order chi connectivity index (χ0) is 54.5. The molecular weight excluding hydrogens is 959 g/mol. The van der Waals surface area contributed by atoms with Gasteiger partial charge in [0.25, 0.3) is 5.91 Å². The van der Waals surface area contributed by atoms with Gasteiger partial charge < -0.3 is 63.6 Å². The summed E-state index contributed by atoms with van der Waals surface area (Å²) in [6, 6.07) is 8.87. The molecule has 0 bridgehead atoms. The third-order valence-electron chi connectivity index (χ3n) is 8.97. The minimum atomic E-state index is -1.50. The summed E-state index contributed by atoms with van der Waals surface area (Å²) in [5.74, 6) is -5.75. The molecule has 396 valence electrons. The van der Waals surface area contributed by atoms with Gasteiger partial charge in [0, 0.05) is 18.6 Å². The van der Waals surface area contributed by atoms with Crippen LogP contribution in [0, 0.1) is 0 Å². The lowest BCUT2D eigenvalue weighted by molar-refractivity contribution is -0.149. The summed E-state index contributed by atoms with van der Waals surface area (Å²) in [6.07, 6.45) is 2.47. The van der Waals surface area contributed by atoms with Crippen molar-refractivity contribution in [2.45, 2.75) is 117 Å². The van der Waals surface area contributed by atoms with Gasteiger partial charge in [0.1, 0.15) is 48.9 Å². The van der Waals surface area contributed by atoms with E-state index in [0.29, 0.717) is 5.56 Å². The van der Waals surface area contributed by atoms with E-state index < -0.39 is 102 Å².